The summed E-state index contributed by atoms with van der Waals surface area (Å²) in [6, 6.07) is 3.98. The Hall–Kier alpha value is -1.09. The Morgan fingerprint density at radius 2 is 2.33 bits per heavy atom. The van der Waals surface area contributed by atoms with Gasteiger partial charge in [-0.3, -0.25) is 4.98 Å². The van der Waals surface area contributed by atoms with Gasteiger partial charge in [0.05, 0.1) is 13.3 Å². The van der Waals surface area contributed by atoms with E-state index >= 15 is 0 Å². The van der Waals surface area contributed by atoms with E-state index in [1.807, 2.05) is 19.1 Å². The third-order valence-electron chi connectivity index (χ3n) is 1.56. The molecule has 12 heavy (non-hydrogen) atoms. The summed E-state index contributed by atoms with van der Waals surface area (Å²) in [5, 5.41) is 0. The van der Waals surface area contributed by atoms with Crippen molar-refractivity contribution in [2.75, 3.05) is 7.11 Å². The molecule has 3 nitrogen and oxygen atoms in total. The maximum atomic E-state index is 5.62. The van der Waals surface area contributed by atoms with Crippen LogP contribution in [0.5, 0.6) is 5.75 Å². The van der Waals surface area contributed by atoms with Crippen LogP contribution in [-0.4, -0.2) is 18.1 Å². The molecule has 0 saturated carbocycles. The topological polar surface area (TPSA) is 48.1 Å². The van der Waals surface area contributed by atoms with Crippen molar-refractivity contribution in [1.82, 2.24) is 4.98 Å². The van der Waals surface area contributed by atoms with E-state index in [0.29, 0.717) is 0 Å². The molecule has 1 rings (SSSR count). The molecule has 1 atom stereocenters. The van der Waals surface area contributed by atoms with Crippen LogP contribution in [0.25, 0.3) is 0 Å². The van der Waals surface area contributed by atoms with Gasteiger partial charge >= 0.3 is 0 Å². The summed E-state index contributed by atoms with van der Waals surface area (Å²) in [7, 11) is 1.63. The number of nitrogens with zero attached hydrogens (tertiary/aromatic N) is 1. The van der Waals surface area contributed by atoms with E-state index in [1.54, 1.807) is 13.3 Å². The van der Waals surface area contributed by atoms with E-state index in [-0.39, 0.29) is 6.04 Å². The normalized spacial score (nSPS) is 12.6. The molecule has 0 radical (unpaired) electrons. The fraction of sp³-hybridized carbons (Fsp3) is 0.444. The molecule has 0 aromatic carbocycles. The van der Waals surface area contributed by atoms with Crippen LogP contribution in [-0.2, 0) is 6.42 Å². The predicted molar refractivity (Wildman–Crippen MR) is 48.1 cm³/mol. The van der Waals surface area contributed by atoms with E-state index in [9.17, 15) is 0 Å². The highest BCUT2D eigenvalue weighted by Gasteiger charge is 1.98. The minimum absolute atomic E-state index is 0.158. The Labute approximate surface area is 72.6 Å². The standard InChI is InChI=1S/C9H14N2O/c1-7(10)5-8-3-4-9(12-2)6-11-8/h3-4,6-7H,5,10H2,1-2H3. The maximum absolute atomic E-state index is 5.62. The predicted octanol–water partition coefficient (Wildman–Crippen LogP) is 0.980. The molecule has 0 bridgehead atoms. The number of methoxy groups -OCH3 is 1. The van der Waals surface area contributed by atoms with Crippen molar-refractivity contribution >= 4 is 0 Å². The van der Waals surface area contributed by atoms with Crippen LogP contribution >= 0.6 is 0 Å². The molecule has 0 aliphatic heterocycles. The molecule has 0 amide bonds. The Morgan fingerprint density at radius 1 is 1.58 bits per heavy atom. The molecule has 0 saturated heterocycles. The third-order valence-corrected chi connectivity index (χ3v) is 1.56. The molecule has 0 spiro atoms. The van der Waals surface area contributed by atoms with Crippen LogP contribution in [0.15, 0.2) is 18.3 Å². The first-order valence-electron chi connectivity index (χ1n) is 3.97. The molecule has 0 fully saturated rings. The summed E-state index contributed by atoms with van der Waals surface area (Å²) in [6.07, 6.45) is 2.52. The van der Waals surface area contributed by atoms with Crippen LogP contribution in [0.2, 0.25) is 0 Å². The number of nitrogens with two attached hydrogens (primary N) is 1. The monoisotopic (exact) mass is 166 g/mol. The molecule has 3 heteroatoms. The number of hydrogen-bond acceptors (Lipinski definition) is 3. The van der Waals surface area contributed by atoms with Gasteiger partial charge in [0.1, 0.15) is 5.75 Å². The molecule has 0 aliphatic carbocycles. The minimum Gasteiger partial charge on any atom is -0.495 e. The van der Waals surface area contributed by atoms with Crippen molar-refractivity contribution in [2.24, 2.45) is 5.73 Å². The molecular weight excluding hydrogens is 152 g/mol. The number of pyridine rings is 1. The number of aromatic nitrogens is 1. The zero-order valence-corrected chi connectivity index (χ0v) is 7.45. The second-order valence-corrected chi connectivity index (χ2v) is 2.87. The van der Waals surface area contributed by atoms with Gasteiger partial charge in [0, 0.05) is 18.2 Å². The van der Waals surface area contributed by atoms with Gasteiger partial charge in [0.15, 0.2) is 0 Å². The Balaban J connectivity index is 2.65. The quantitative estimate of drug-likeness (QED) is 0.728. The lowest BCUT2D eigenvalue weighted by Crippen LogP contribution is -2.18. The molecular formula is C9H14N2O. The van der Waals surface area contributed by atoms with E-state index in [1.165, 1.54) is 0 Å². The van der Waals surface area contributed by atoms with Gasteiger partial charge in [-0.1, -0.05) is 0 Å². The SMILES string of the molecule is COc1ccc(CC(C)N)nc1. The highest BCUT2D eigenvalue weighted by atomic mass is 16.5. The molecule has 1 aromatic heterocycles. The van der Waals surface area contributed by atoms with Gasteiger partial charge in [-0.05, 0) is 19.1 Å². The van der Waals surface area contributed by atoms with Crippen molar-refractivity contribution in [2.45, 2.75) is 19.4 Å². The average Bonchev–Trinajstić information content (AvgIpc) is 2.05. The van der Waals surface area contributed by atoms with E-state index in [2.05, 4.69) is 4.98 Å². The van der Waals surface area contributed by atoms with Gasteiger partial charge in [-0.25, -0.2) is 0 Å². The Kier molecular flexibility index (Phi) is 3.05. The van der Waals surface area contributed by atoms with Gasteiger partial charge in [-0.2, -0.15) is 0 Å². The first kappa shape index (κ1) is 9.00. The van der Waals surface area contributed by atoms with Gasteiger partial charge < -0.3 is 10.5 Å². The summed E-state index contributed by atoms with van der Waals surface area (Å²) < 4.78 is 4.98. The second kappa shape index (κ2) is 4.07. The Morgan fingerprint density at radius 3 is 2.75 bits per heavy atom. The zero-order chi connectivity index (χ0) is 8.97. The van der Waals surface area contributed by atoms with Gasteiger partial charge in [0.2, 0.25) is 0 Å². The Bertz CT molecular complexity index is 231. The molecule has 2 N–H and O–H groups in total. The fourth-order valence-electron chi connectivity index (χ4n) is 0.982. The number of hydrogen-bond donors (Lipinski definition) is 1. The molecule has 1 unspecified atom stereocenters. The lowest BCUT2D eigenvalue weighted by atomic mass is 10.2. The summed E-state index contributed by atoms with van der Waals surface area (Å²) in [6.45, 7) is 1.96. The molecule has 1 aromatic rings. The number of rotatable bonds is 3. The molecule has 0 aliphatic rings. The zero-order valence-electron chi connectivity index (χ0n) is 7.45. The van der Waals surface area contributed by atoms with Crippen molar-refractivity contribution in [3.63, 3.8) is 0 Å². The van der Waals surface area contributed by atoms with Crippen LogP contribution in [0.1, 0.15) is 12.6 Å². The molecule has 66 valence electrons. The molecule has 1 heterocycles. The third kappa shape index (κ3) is 2.51. The lowest BCUT2D eigenvalue weighted by molar-refractivity contribution is 0.412. The van der Waals surface area contributed by atoms with Gasteiger partial charge in [-0.15, -0.1) is 0 Å². The van der Waals surface area contributed by atoms with E-state index in [0.717, 1.165) is 17.9 Å². The van der Waals surface area contributed by atoms with E-state index in [4.69, 9.17) is 10.5 Å². The largest absolute Gasteiger partial charge is 0.495 e. The summed E-state index contributed by atoms with van der Waals surface area (Å²) in [5.74, 6) is 0.781. The van der Waals surface area contributed by atoms with Crippen LogP contribution < -0.4 is 10.5 Å². The first-order valence-corrected chi connectivity index (χ1v) is 3.97. The van der Waals surface area contributed by atoms with E-state index < -0.39 is 0 Å². The fourth-order valence-corrected chi connectivity index (χ4v) is 0.982. The lowest BCUT2D eigenvalue weighted by Gasteiger charge is -2.04. The van der Waals surface area contributed by atoms with Gasteiger partial charge in [0.25, 0.3) is 0 Å². The average molecular weight is 166 g/mol. The van der Waals surface area contributed by atoms with Crippen LogP contribution in [0.3, 0.4) is 0 Å². The van der Waals surface area contributed by atoms with Crippen LogP contribution in [0.4, 0.5) is 0 Å². The highest BCUT2D eigenvalue weighted by Crippen LogP contribution is 2.08. The van der Waals surface area contributed by atoms with Crippen LogP contribution in [0, 0.1) is 0 Å². The highest BCUT2D eigenvalue weighted by molar-refractivity contribution is 5.19. The minimum atomic E-state index is 0.158. The smallest absolute Gasteiger partial charge is 0.137 e. The summed E-state index contributed by atoms with van der Waals surface area (Å²) >= 11 is 0. The first-order chi connectivity index (χ1) is 5.72. The summed E-state index contributed by atoms with van der Waals surface area (Å²) in [4.78, 5) is 4.18. The number of ether oxygens (including phenoxy) is 1. The van der Waals surface area contributed by atoms with Crippen molar-refractivity contribution in [3.05, 3.63) is 24.0 Å². The maximum Gasteiger partial charge on any atom is 0.137 e. The summed E-state index contributed by atoms with van der Waals surface area (Å²) in [5.41, 5.74) is 6.63. The second-order valence-electron chi connectivity index (χ2n) is 2.87. The van der Waals surface area contributed by atoms with Crippen molar-refractivity contribution in [3.8, 4) is 5.75 Å². The van der Waals surface area contributed by atoms with Crippen molar-refractivity contribution in [1.29, 1.82) is 0 Å². The van der Waals surface area contributed by atoms with Crippen molar-refractivity contribution < 1.29 is 4.74 Å².